The number of hydrogen-bond donors (Lipinski definition) is 2. The molecule has 2 rings (SSSR count). The summed E-state index contributed by atoms with van der Waals surface area (Å²) in [4.78, 5) is 4.61. The summed E-state index contributed by atoms with van der Waals surface area (Å²) in [5.41, 5.74) is 0.752. The molecule has 1 saturated heterocycles. The molecule has 2 N–H and O–H groups in total. The van der Waals surface area contributed by atoms with Gasteiger partial charge in [-0.05, 0) is 12.1 Å². The molecule has 0 atom stereocenters. The Morgan fingerprint density at radius 1 is 1.19 bits per heavy atom. The van der Waals surface area contributed by atoms with Gasteiger partial charge in [-0.2, -0.15) is 0 Å². The highest BCUT2D eigenvalue weighted by Gasteiger charge is 2.23. The van der Waals surface area contributed by atoms with Gasteiger partial charge in [-0.25, -0.2) is 13.1 Å². The van der Waals surface area contributed by atoms with Crippen LogP contribution in [0.15, 0.2) is 29.2 Å². The number of benzene rings is 1. The third-order valence-corrected chi connectivity index (χ3v) is 5.21. The standard InChI is InChI=1S/C14H23N3O3S/c1-2-15-21(19,20)14-6-4-3-5-13(14)17-9-7-16(8-10-17)11-12-18/h3-6,15,18H,2,7-12H2,1H3. The number of nitrogens with one attached hydrogen (secondary N) is 1. The van der Waals surface area contributed by atoms with Gasteiger partial charge in [-0.1, -0.05) is 19.1 Å². The Kier molecular flexibility index (Phi) is 5.58. The topological polar surface area (TPSA) is 72.9 Å². The normalized spacial score (nSPS) is 17.1. The van der Waals surface area contributed by atoms with Crippen LogP contribution in [0.25, 0.3) is 0 Å². The zero-order valence-electron chi connectivity index (χ0n) is 12.3. The largest absolute Gasteiger partial charge is 0.395 e. The van der Waals surface area contributed by atoms with Crippen molar-refractivity contribution in [2.75, 3.05) is 50.8 Å². The molecule has 1 aliphatic heterocycles. The predicted octanol–water partition coefficient (Wildman–Crippen LogP) is 0.0991. The number of aliphatic hydroxyl groups excluding tert-OH is 1. The van der Waals surface area contributed by atoms with Gasteiger partial charge in [0.15, 0.2) is 0 Å². The number of para-hydroxylation sites is 1. The van der Waals surface area contributed by atoms with Crippen LogP contribution in [-0.2, 0) is 10.0 Å². The molecule has 0 aromatic heterocycles. The summed E-state index contributed by atoms with van der Waals surface area (Å²) < 4.78 is 27.1. The second kappa shape index (κ2) is 7.22. The van der Waals surface area contributed by atoms with Crippen LogP contribution in [0.2, 0.25) is 0 Å². The second-order valence-electron chi connectivity index (χ2n) is 5.02. The summed E-state index contributed by atoms with van der Waals surface area (Å²) in [6, 6.07) is 7.11. The summed E-state index contributed by atoms with van der Waals surface area (Å²) in [5.74, 6) is 0. The zero-order chi connectivity index (χ0) is 15.3. The van der Waals surface area contributed by atoms with Crippen LogP contribution < -0.4 is 9.62 Å². The monoisotopic (exact) mass is 313 g/mol. The SMILES string of the molecule is CCNS(=O)(=O)c1ccccc1N1CCN(CCO)CC1. The Labute approximate surface area is 126 Å². The molecule has 118 valence electrons. The fourth-order valence-corrected chi connectivity index (χ4v) is 3.83. The fraction of sp³-hybridized carbons (Fsp3) is 0.571. The first-order chi connectivity index (χ1) is 10.1. The highest BCUT2D eigenvalue weighted by Crippen LogP contribution is 2.25. The van der Waals surface area contributed by atoms with Crippen molar-refractivity contribution < 1.29 is 13.5 Å². The van der Waals surface area contributed by atoms with Crippen molar-refractivity contribution in [3.63, 3.8) is 0 Å². The molecule has 0 radical (unpaired) electrons. The maximum atomic E-state index is 12.3. The molecule has 1 aromatic carbocycles. The molecule has 0 unspecified atom stereocenters. The minimum absolute atomic E-state index is 0.158. The smallest absolute Gasteiger partial charge is 0.242 e. The number of piperazine rings is 1. The van der Waals surface area contributed by atoms with Gasteiger partial charge in [0.05, 0.1) is 12.3 Å². The van der Waals surface area contributed by atoms with E-state index >= 15 is 0 Å². The highest BCUT2D eigenvalue weighted by molar-refractivity contribution is 7.89. The number of rotatable bonds is 6. The van der Waals surface area contributed by atoms with E-state index in [0.29, 0.717) is 18.0 Å². The third kappa shape index (κ3) is 3.94. The number of anilines is 1. The summed E-state index contributed by atoms with van der Waals surface area (Å²) >= 11 is 0. The van der Waals surface area contributed by atoms with Gasteiger partial charge in [-0.15, -0.1) is 0 Å². The van der Waals surface area contributed by atoms with Crippen LogP contribution in [0.4, 0.5) is 5.69 Å². The third-order valence-electron chi connectivity index (χ3n) is 3.62. The van der Waals surface area contributed by atoms with Crippen molar-refractivity contribution in [3.8, 4) is 0 Å². The van der Waals surface area contributed by atoms with Crippen molar-refractivity contribution in [1.29, 1.82) is 0 Å². The Morgan fingerprint density at radius 3 is 2.48 bits per heavy atom. The number of hydrogen-bond acceptors (Lipinski definition) is 5. The average Bonchev–Trinajstić information content (AvgIpc) is 2.48. The summed E-state index contributed by atoms with van der Waals surface area (Å²) in [6.45, 7) is 6.16. The zero-order valence-corrected chi connectivity index (χ0v) is 13.1. The fourth-order valence-electron chi connectivity index (χ4n) is 2.57. The van der Waals surface area contributed by atoms with Gasteiger partial charge in [0, 0.05) is 39.3 Å². The molecule has 1 heterocycles. The van der Waals surface area contributed by atoms with E-state index in [1.807, 2.05) is 12.1 Å². The lowest BCUT2D eigenvalue weighted by Crippen LogP contribution is -2.47. The molecule has 0 spiro atoms. The van der Waals surface area contributed by atoms with Crippen LogP contribution in [0, 0.1) is 0 Å². The van der Waals surface area contributed by atoms with E-state index < -0.39 is 10.0 Å². The van der Waals surface area contributed by atoms with Crippen molar-refractivity contribution in [3.05, 3.63) is 24.3 Å². The minimum atomic E-state index is -3.46. The highest BCUT2D eigenvalue weighted by atomic mass is 32.2. The number of β-amino-alcohol motifs (C(OH)–C–C–N with tert-alkyl or cyclic N) is 1. The van der Waals surface area contributed by atoms with E-state index in [1.165, 1.54) is 0 Å². The van der Waals surface area contributed by atoms with Crippen LogP contribution >= 0.6 is 0 Å². The summed E-state index contributed by atoms with van der Waals surface area (Å²) in [7, 11) is -3.46. The van der Waals surface area contributed by atoms with E-state index in [2.05, 4.69) is 14.5 Å². The van der Waals surface area contributed by atoms with Crippen molar-refractivity contribution in [2.45, 2.75) is 11.8 Å². The van der Waals surface area contributed by atoms with Crippen LogP contribution in [0.3, 0.4) is 0 Å². The lowest BCUT2D eigenvalue weighted by atomic mass is 10.2. The van der Waals surface area contributed by atoms with E-state index in [9.17, 15) is 8.42 Å². The maximum absolute atomic E-state index is 12.3. The van der Waals surface area contributed by atoms with Crippen molar-refractivity contribution in [1.82, 2.24) is 9.62 Å². The van der Waals surface area contributed by atoms with E-state index in [1.54, 1.807) is 19.1 Å². The van der Waals surface area contributed by atoms with Crippen LogP contribution in [0.1, 0.15) is 6.92 Å². The molecule has 1 fully saturated rings. The molecule has 6 nitrogen and oxygen atoms in total. The first-order valence-electron chi connectivity index (χ1n) is 7.25. The van der Waals surface area contributed by atoms with Gasteiger partial charge in [0.1, 0.15) is 4.90 Å². The molecule has 7 heteroatoms. The first kappa shape index (κ1) is 16.2. The first-order valence-corrected chi connectivity index (χ1v) is 8.73. The maximum Gasteiger partial charge on any atom is 0.242 e. The predicted molar refractivity (Wildman–Crippen MR) is 83.0 cm³/mol. The van der Waals surface area contributed by atoms with Gasteiger partial charge >= 0.3 is 0 Å². The Hall–Kier alpha value is -1.15. The van der Waals surface area contributed by atoms with E-state index in [0.717, 1.165) is 31.9 Å². The molecule has 0 aliphatic carbocycles. The van der Waals surface area contributed by atoms with Crippen LogP contribution in [0.5, 0.6) is 0 Å². The Bertz CT molecular complexity index is 554. The molecular weight excluding hydrogens is 290 g/mol. The number of sulfonamides is 1. The lowest BCUT2D eigenvalue weighted by molar-refractivity contribution is 0.188. The summed E-state index contributed by atoms with van der Waals surface area (Å²) in [5, 5.41) is 8.97. The Morgan fingerprint density at radius 2 is 1.86 bits per heavy atom. The quantitative estimate of drug-likeness (QED) is 0.779. The molecule has 21 heavy (non-hydrogen) atoms. The lowest BCUT2D eigenvalue weighted by Gasteiger charge is -2.36. The van der Waals surface area contributed by atoms with E-state index in [-0.39, 0.29) is 6.61 Å². The van der Waals surface area contributed by atoms with Crippen molar-refractivity contribution >= 4 is 15.7 Å². The van der Waals surface area contributed by atoms with Gasteiger partial charge in [-0.3, -0.25) is 4.90 Å². The molecule has 0 saturated carbocycles. The van der Waals surface area contributed by atoms with Crippen molar-refractivity contribution in [2.24, 2.45) is 0 Å². The second-order valence-corrected chi connectivity index (χ2v) is 6.76. The number of aliphatic hydroxyl groups is 1. The molecule has 0 amide bonds. The van der Waals surface area contributed by atoms with E-state index in [4.69, 9.17) is 5.11 Å². The number of nitrogens with zero attached hydrogens (tertiary/aromatic N) is 2. The molecule has 1 aliphatic rings. The van der Waals surface area contributed by atoms with Gasteiger partial charge < -0.3 is 10.0 Å². The summed E-state index contributed by atoms with van der Waals surface area (Å²) in [6.07, 6.45) is 0. The van der Waals surface area contributed by atoms with Gasteiger partial charge in [0.2, 0.25) is 10.0 Å². The average molecular weight is 313 g/mol. The molecule has 1 aromatic rings. The molecular formula is C14H23N3O3S. The molecule has 0 bridgehead atoms. The van der Waals surface area contributed by atoms with Gasteiger partial charge in [0.25, 0.3) is 0 Å². The minimum Gasteiger partial charge on any atom is -0.395 e. The van der Waals surface area contributed by atoms with Crippen LogP contribution in [-0.4, -0.2) is 64.3 Å². The Balaban J connectivity index is 2.18.